The second-order valence-corrected chi connectivity index (χ2v) is 7.66. The maximum Gasteiger partial charge on any atom is 0.191 e. The van der Waals surface area contributed by atoms with E-state index in [9.17, 15) is 0 Å². The van der Waals surface area contributed by atoms with E-state index in [2.05, 4.69) is 78.5 Å². The third-order valence-electron chi connectivity index (χ3n) is 5.32. The number of hydrogen-bond donors (Lipinski definition) is 2. The van der Waals surface area contributed by atoms with Crippen molar-refractivity contribution in [2.45, 2.75) is 59.2 Å². The van der Waals surface area contributed by atoms with Crippen molar-refractivity contribution in [1.29, 1.82) is 0 Å². The van der Waals surface area contributed by atoms with Crippen LogP contribution in [0.15, 0.2) is 35.3 Å². The summed E-state index contributed by atoms with van der Waals surface area (Å²) in [4.78, 5) is 9.81. The van der Waals surface area contributed by atoms with E-state index >= 15 is 0 Å². The van der Waals surface area contributed by atoms with E-state index in [1.54, 1.807) is 0 Å². The van der Waals surface area contributed by atoms with Crippen molar-refractivity contribution < 1.29 is 0 Å². The summed E-state index contributed by atoms with van der Waals surface area (Å²) in [5, 5.41) is 7.06. The standard InChI is InChI=1S/C22H39N5.HI/c1-5-23-22(24-14-17-27(6-2)19(3)4)25-21-12-15-26(16-13-21)18-20-10-8-7-9-11-20;/h7-11,19,21H,5-6,12-18H2,1-4H3,(H2,23,24,25);1H. The van der Waals surface area contributed by atoms with Gasteiger partial charge in [-0.05, 0) is 45.7 Å². The van der Waals surface area contributed by atoms with Gasteiger partial charge in [-0.1, -0.05) is 37.3 Å². The van der Waals surface area contributed by atoms with Crippen LogP contribution in [0, 0.1) is 0 Å². The Labute approximate surface area is 189 Å². The molecule has 0 radical (unpaired) electrons. The molecular formula is C22H40IN5. The topological polar surface area (TPSA) is 42.9 Å². The third-order valence-corrected chi connectivity index (χ3v) is 5.32. The van der Waals surface area contributed by atoms with Crippen LogP contribution in [0.5, 0.6) is 0 Å². The predicted octanol–water partition coefficient (Wildman–Crippen LogP) is 3.55. The molecule has 0 bridgehead atoms. The Morgan fingerprint density at radius 3 is 2.43 bits per heavy atom. The molecule has 2 rings (SSSR count). The summed E-state index contributed by atoms with van der Waals surface area (Å²) in [5.74, 6) is 0.971. The molecule has 0 atom stereocenters. The summed E-state index contributed by atoms with van der Waals surface area (Å²) in [6, 6.07) is 11.9. The number of likely N-dealkylation sites (tertiary alicyclic amines) is 1. The Morgan fingerprint density at radius 2 is 1.86 bits per heavy atom. The predicted molar refractivity (Wildman–Crippen MR) is 132 cm³/mol. The largest absolute Gasteiger partial charge is 0.357 e. The first-order chi connectivity index (χ1) is 13.1. The van der Waals surface area contributed by atoms with E-state index in [1.807, 2.05) is 0 Å². The highest BCUT2D eigenvalue weighted by Crippen LogP contribution is 2.13. The van der Waals surface area contributed by atoms with E-state index in [-0.39, 0.29) is 24.0 Å². The molecule has 0 aliphatic carbocycles. The van der Waals surface area contributed by atoms with Gasteiger partial charge in [0.25, 0.3) is 0 Å². The number of nitrogens with one attached hydrogen (secondary N) is 2. The van der Waals surface area contributed by atoms with Crippen molar-refractivity contribution in [2.75, 3.05) is 39.3 Å². The van der Waals surface area contributed by atoms with Crippen molar-refractivity contribution in [3.8, 4) is 0 Å². The Hall–Kier alpha value is -0.860. The Bertz CT molecular complexity index is 541. The minimum absolute atomic E-state index is 0. The zero-order valence-corrected chi connectivity index (χ0v) is 20.5. The van der Waals surface area contributed by atoms with Crippen LogP contribution in [0.25, 0.3) is 0 Å². The van der Waals surface area contributed by atoms with Crippen LogP contribution in [0.1, 0.15) is 46.1 Å². The molecule has 1 aromatic rings. The molecule has 5 nitrogen and oxygen atoms in total. The number of piperidine rings is 1. The molecule has 1 aromatic carbocycles. The number of rotatable bonds is 9. The van der Waals surface area contributed by atoms with Gasteiger partial charge >= 0.3 is 0 Å². The lowest BCUT2D eigenvalue weighted by Crippen LogP contribution is -2.48. The van der Waals surface area contributed by atoms with Crippen molar-refractivity contribution in [1.82, 2.24) is 20.4 Å². The smallest absolute Gasteiger partial charge is 0.191 e. The third kappa shape index (κ3) is 9.09. The van der Waals surface area contributed by atoms with Gasteiger partial charge in [0.2, 0.25) is 0 Å². The van der Waals surface area contributed by atoms with Gasteiger partial charge < -0.3 is 10.6 Å². The number of aliphatic imine (C=N–C) groups is 1. The second-order valence-electron chi connectivity index (χ2n) is 7.66. The molecule has 1 aliphatic rings. The molecule has 28 heavy (non-hydrogen) atoms. The van der Waals surface area contributed by atoms with Gasteiger partial charge in [-0.25, -0.2) is 0 Å². The van der Waals surface area contributed by atoms with E-state index in [0.29, 0.717) is 12.1 Å². The number of guanidine groups is 1. The van der Waals surface area contributed by atoms with Crippen LogP contribution >= 0.6 is 24.0 Å². The highest BCUT2D eigenvalue weighted by molar-refractivity contribution is 14.0. The van der Waals surface area contributed by atoms with Gasteiger partial charge in [-0.3, -0.25) is 14.8 Å². The Morgan fingerprint density at radius 1 is 1.18 bits per heavy atom. The van der Waals surface area contributed by atoms with Crippen molar-refractivity contribution >= 4 is 29.9 Å². The first-order valence-electron chi connectivity index (χ1n) is 10.7. The zero-order chi connectivity index (χ0) is 19.5. The summed E-state index contributed by atoms with van der Waals surface area (Å²) < 4.78 is 0. The molecular weight excluding hydrogens is 461 g/mol. The number of benzene rings is 1. The van der Waals surface area contributed by atoms with Gasteiger partial charge in [0.05, 0.1) is 6.54 Å². The number of nitrogens with zero attached hydrogens (tertiary/aromatic N) is 3. The maximum absolute atomic E-state index is 4.80. The summed E-state index contributed by atoms with van der Waals surface area (Å²) in [7, 11) is 0. The Balaban J connectivity index is 0.00000392. The maximum atomic E-state index is 4.80. The van der Waals surface area contributed by atoms with Gasteiger partial charge in [0.15, 0.2) is 5.96 Å². The van der Waals surface area contributed by atoms with E-state index in [0.717, 1.165) is 51.8 Å². The summed E-state index contributed by atoms with van der Waals surface area (Å²) in [5.41, 5.74) is 1.41. The van der Waals surface area contributed by atoms with Crippen LogP contribution < -0.4 is 10.6 Å². The van der Waals surface area contributed by atoms with Gasteiger partial charge in [0.1, 0.15) is 0 Å². The van der Waals surface area contributed by atoms with Crippen LogP contribution in [0.4, 0.5) is 0 Å². The fourth-order valence-corrected chi connectivity index (χ4v) is 3.66. The van der Waals surface area contributed by atoms with E-state index in [4.69, 9.17) is 4.99 Å². The first kappa shape index (κ1) is 25.2. The average Bonchev–Trinajstić information content (AvgIpc) is 2.67. The lowest BCUT2D eigenvalue weighted by Gasteiger charge is -2.33. The SMILES string of the molecule is CCNC(=NCCN(CC)C(C)C)NC1CCN(Cc2ccccc2)CC1.I. The minimum Gasteiger partial charge on any atom is -0.357 e. The number of hydrogen-bond acceptors (Lipinski definition) is 3. The molecule has 0 aromatic heterocycles. The first-order valence-corrected chi connectivity index (χ1v) is 10.7. The fraction of sp³-hybridized carbons (Fsp3) is 0.682. The van der Waals surface area contributed by atoms with E-state index < -0.39 is 0 Å². The molecule has 0 spiro atoms. The van der Waals surface area contributed by atoms with Crippen LogP contribution in [0.3, 0.4) is 0 Å². The molecule has 1 heterocycles. The molecule has 0 amide bonds. The van der Waals surface area contributed by atoms with Crippen molar-refractivity contribution in [3.63, 3.8) is 0 Å². The van der Waals surface area contributed by atoms with E-state index in [1.165, 1.54) is 18.4 Å². The average molecular weight is 502 g/mol. The normalized spacial score (nSPS) is 16.3. The van der Waals surface area contributed by atoms with Crippen LogP contribution in [-0.2, 0) is 6.54 Å². The number of likely N-dealkylation sites (N-methyl/N-ethyl adjacent to an activating group) is 1. The monoisotopic (exact) mass is 501 g/mol. The quantitative estimate of drug-likeness (QED) is 0.309. The fourth-order valence-electron chi connectivity index (χ4n) is 3.66. The van der Waals surface area contributed by atoms with Crippen molar-refractivity contribution in [2.24, 2.45) is 4.99 Å². The lowest BCUT2D eigenvalue weighted by atomic mass is 10.0. The molecule has 2 N–H and O–H groups in total. The van der Waals surface area contributed by atoms with Crippen molar-refractivity contribution in [3.05, 3.63) is 35.9 Å². The zero-order valence-electron chi connectivity index (χ0n) is 18.2. The minimum atomic E-state index is 0. The molecule has 0 unspecified atom stereocenters. The number of halogens is 1. The molecule has 160 valence electrons. The molecule has 1 saturated heterocycles. The van der Waals surface area contributed by atoms with Gasteiger partial charge in [0, 0.05) is 44.8 Å². The molecule has 0 saturated carbocycles. The van der Waals surface area contributed by atoms with Gasteiger partial charge in [-0.2, -0.15) is 0 Å². The molecule has 1 fully saturated rings. The van der Waals surface area contributed by atoms with Crippen LogP contribution in [-0.4, -0.2) is 67.1 Å². The molecule has 6 heteroatoms. The Kier molecular flexibility index (Phi) is 12.7. The summed E-state index contributed by atoms with van der Waals surface area (Å²) >= 11 is 0. The highest BCUT2D eigenvalue weighted by atomic mass is 127. The van der Waals surface area contributed by atoms with Gasteiger partial charge in [-0.15, -0.1) is 24.0 Å². The lowest BCUT2D eigenvalue weighted by molar-refractivity contribution is 0.198. The highest BCUT2D eigenvalue weighted by Gasteiger charge is 2.20. The summed E-state index contributed by atoms with van der Waals surface area (Å²) in [6.45, 7) is 16.0. The second kappa shape index (κ2) is 14.2. The van der Waals surface area contributed by atoms with Crippen LogP contribution in [0.2, 0.25) is 0 Å². The molecule has 1 aliphatic heterocycles. The summed E-state index contributed by atoms with van der Waals surface area (Å²) in [6.07, 6.45) is 2.34.